The molecule has 2 aromatic carbocycles. The quantitative estimate of drug-likeness (QED) is 0.288. The average molecular weight is 353 g/mol. The number of carbonyl (C=O) groups is 1. The number of carbonyl (C=O) groups excluding carboxylic acids is 1. The van der Waals surface area contributed by atoms with Gasteiger partial charge in [-0.1, -0.05) is 44.7 Å². The van der Waals surface area contributed by atoms with Gasteiger partial charge in [-0.15, -0.1) is 0 Å². The van der Waals surface area contributed by atoms with E-state index in [1.165, 1.54) is 25.7 Å². The monoisotopic (exact) mass is 353 g/mol. The van der Waals surface area contributed by atoms with Crippen LogP contribution in [0, 0.1) is 0 Å². The van der Waals surface area contributed by atoms with Crippen LogP contribution in [0.4, 0.5) is 5.69 Å². The van der Waals surface area contributed by atoms with Crippen LogP contribution in [0.5, 0.6) is 5.75 Å². The van der Waals surface area contributed by atoms with Gasteiger partial charge in [-0.3, -0.25) is 4.79 Å². The Bertz CT molecular complexity index is 711. The summed E-state index contributed by atoms with van der Waals surface area (Å²) in [5.74, 6) is 0.490. The predicted octanol–water partition coefficient (Wildman–Crippen LogP) is 4.38. The molecule has 0 saturated carbocycles. The van der Waals surface area contributed by atoms with Crippen molar-refractivity contribution in [3.63, 3.8) is 0 Å². The minimum atomic E-state index is -0.282. The number of benzene rings is 2. The van der Waals surface area contributed by atoms with E-state index in [1.807, 2.05) is 24.3 Å². The number of unbranched alkanes of at least 4 members (excludes halogenated alkanes) is 4. The number of nitrogens with two attached hydrogens (primary N) is 1. The average Bonchev–Trinajstić information content (AvgIpc) is 2.66. The summed E-state index contributed by atoms with van der Waals surface area (Å²) in [6.45, 7) is 2.89. The third kappa shape index (κ3) is 6.59. The molecule has 5 nitrogen and oxygen atoms in total. The van der Waals surface area contributed by atoms with Gasteiger partial charge in [0.15, 0.2) is 0 Å². The van der Waals surface area contributed by atoms with Crippen molar-refractivity contribution in [2.45, 2.75) is 39.0 Å². The smallest absolute Gasteiger partial charge is 0.271 e. The number of ether oxygens (including phenoxy) is 1. The predicted molar refractivity (Wildman–Crippen MR) is 107 cm³/mol. The van der Waals surface area contributed by atoms with Crippen molar-refractivity contribution in [2.75, 3.05) is 12.3 Å². The maximum Gasteiger partial charge on any atom is 0.271 e. The first-order valence-corrected chi connectivity index (χ1v) is 9.11. The molecule has 0 saturated heterocycles. The second-order valence-corrected chi connectivity index (χ2v) is 6.12. The molecule has 0 aliphatic carbocycles. The summed E-state index contributed by atoms with van der Waals surface area (Å²) in [4.78, 5) is 12.0. The largest absolute Gasteiger partial charge is 0.493 e. The highest BCUT2D eigenvalue weighted by molar-refractivity contribution is 5.95. The van der Waals surface area contributed by atoms with Crippen LogP contribution in [0.15, 0.2) is 53.6 Å². The van der Waals surface area contributed by atoms with Gasteiger partial charge in [-0.25, -0.2) is 5.43 Å². The zero-order valence-corrected chi connectivity index (χ0v) is 15.3. The van der Waals surface area contributed by atoms with Crippen molar-refractivity contribution in [1.82, 2.24) is 5.43 Å². The highest BCUT2D eigenvalue weighted by Crippen LogP contribution is 2.16. The molecule has 2 rings (SSSR count). The van der Waals surface area contributed by atoms with E-state index in [0.717, 1.165) is 17.7 Å². The summed E-state index contributed by atoms with van der Waals surface area (Å²) in [5.41, 5.74) is 10.1. The second kappa shape index (κ2) is 10.9. The van der Waals surface area contributed by atoms with Crippen molar-refractivity contribution < 1.29 is 9.53 Å². The Labute approximate surface area is 155 Å². The van der Waals surface area contributed by atoms with E-state index in [-0.39, 0.29) is 5.91 Å². The second-order valence-electron chi connectivity index (χ2n) is 6.12. The highest BCUT2D eigenvalue weighted by Gasteiger charge is 2.04. The number of para-hydroxylation sites is 1. The molecule has 0 radical (unpaired) electrons. The molecule has 0 fully saturated rings. The molecule has 0 aromatic heterocycles. The first kappa shape index (κ1) is 19.5. The standard InChI is InChI=1S/C21H27N3O2/c1-2-3-4-5-8-15-26-20-10-7-6-9-18(20)16-23-24-21(25)17-11-13-19(22)14-12-17/h6-7,9-14,16H,2-5,8,15,22H2,1H3,(H,24,25)/b23-16-. The first-order chi connectivity index (χ1) is 12.7. The maximum absolute atomic E-state index is 12.0. The van der Waals surface area contributed by atoms with Gasteiger partial charge in [-0.05, 0) is 42.8 Å². The third-order valence-corrected chi connectivity index (χ3v) is 3.97. The van der Waals surface area contributed by atoms with E-state index < -0.39 is 0 Å². The fourth-order valence-electron chi connectivity index (χ4n) is 2.47. The molecule has 0 atom stereocenters. The molecule has 2 aromatic rings. The fraction of sp³-hybridized carbons (Fsp3) is 0.333. The number of nitrogen functional groups attached to an aromatic ring is 1. The molecule has 0 spiro atoms. The van der Waals surface area contributed by atoms with E-state index >= 15 is 0 Å². The van der Waals surface area contributed by atoms with Gasteiger partial charge < -0.3 is 10.5 Å². The van der Waals surface area contributed by atoms with E-state index in [9.17, 15) is 4.79 Å². The van der Waals surface area contributed by atoms with Gasteiger partial charge in [0.25, 0.3) is 5.91 Å². The van der Waals surface area contributed by atoms with Crippen molar-refractivity contribution in [3.05, 3.63) is 59.7 Å². The minimum absolute atomic E-state index is 0.282. The number of hydrazone groups is 1. The lowest BCUT2D eigenvalue weighted by molar-refractivity contribution is 0.0955. The maximum atomic E-state index is 12.0. The Morgan fingerprint density at radius 1 is 1.08 bits per heavy atom. The molecule has 0 heterocycles. The molecule has 0 aliphatic heterocycles. The highest BCUT2D eigenvalue weighted by atomic mass is 16.5. The third-order valence-electron chi connectivity index (χ3n) is 3.97. The number of amides is 1. The molecule has 0 bridgehead atoms. The van der Waals surface area contributed by atoms with Crippen LogP contribution in [0.2, 0.25) is 0 Å². The zero-order valence-electron chi connectivity index (χ0n) is 15.3. The molecular weight excluding hydrogens is 326 g/mol. The molecule has 5 heteroatoms. The molecule has 138 valence electrons. The summed E-state index contributed by atoms with van der Waals surface area (Å²) < 4.78 is 5.85. The Balaban J connectivity index is 1.85. The van der Waals surface area contributed by atoms with E-state index in [0.29, 0.717) is 17.9 Å². The van der Waals surface area contributed by atoms with E-state index in [1.54, 1.807) is 30.5 Å². The van der Waals surface area contributed by atoms with Gasteiger partial charge in [0.05, 0.1) is 12.8 Å². The van der Waals surface area contributed by atoms with Gasteiger partial charge in [-0.2, -0.15) is 5.10 Å². The van der Waals surface area contributed by atoms with E-state index in [4.69, 9.17) is 10.5 Å². The first-order valence-electron chi connectivity index (χ1n) is 9.11. The minimum Gasteiger partial charge on any atom is -0.493 e. The van der Waals surface area contributed by atoms with E-state index in [2.05, 4.69) is 17.5 Å². The zero-order chi connectivity index (χ0) is 18.6. The molecule has 0 unspecified atom stereocenters. The van der Waals surface area contributed by atoms with Crippen LogP contribution in [0.25, 0.3) is 0 Å². The summed E-state index contributed by atoms with van der Waals surface area (Å²) in [6, 6.07) is 14.4. The number of hydrogen-bond acceptors (Lipinski definition) is 4. The molecular formula is C21H27N3O2. The Morgan fingerprint density at radius 2 is 1.81 bits per heavy atom. The normalized spacial score (nSPS) is 10.8. The van der Waals surface area contributed by atoms with Crippen LogP contribution in [-0.4, -0.2) is 18.7 Å². The van der Waals surface area contributed by atoms with Crippen LogP contribution in [-0.2, 0) is 0 Å². The van der Waals surface area contributed by atoms with Gasteiger partial charge in [0.1, 0.15) is 5.75 Å². The molecule has 26 heavy (non-hydrogen) atoms. The SMILES string of the molecule is CCCCCCCOc1ccccc1/C=N\NC(=O)c1ccc(N)cc1. The number of nitrogens with one attached hydrogen (secondary N) is 1. The summed E-state index contributed by atoms with van der Waals surface area (Å²) in [5, 5.41) is 4.03. The van der Waals surface area contributed by atoms with Crippen molar-refractivity contribution in [3.8, 4) is 5.75 Å². The number of hydrogen-bond donors (Lipinski definition) is 2. The number of anilines is 1. The molecule has 3 N–H and O–H groups in total. The molecule has 1 amide bonds. The number of rotatable bonds is 10. The van der Waals surface area contributed by atoms with Crippen molar-refractivity contribution in [1.29, 1.82) is 0 Å². The van der Waals surface area contributed by atoms with Crippen molar-refractivity contribution >= 4 is 17.8 Å². The lowest BCUT2D eigenvalue weighted by Crippen LogP contribution is -2.17. The Kier molecular flexibility index (Phi) is 8.19. The van der Waals surface area contributed by atoms with Crippen LogP contribution in [0.1, 0.15) is 54.9 Å². The number of nitrogens with zero attached hydrogens (tertiary/aromatic N) is 1. The summed E-state index contributed by atoms with van der Waals surface area (Å²) in [7, 11) is 0. The van der Waals surface area contributed by atoms with Crippen LogP contribution >= 0.6 is 0 Å². The Hall–Kier alpha value is -2.82. The summed E-state index contributed by atoms with van der Waals surface area (Å²) >= 11 is 0. The van der Waals surface area contributed by atoms with Crippen LogP contribution in [0.3, 0.4) is 0 Å². The summed E-state index contributed by atoms with van der Waals surface area (Å²) in [6.07, 6.45) is 7.59. The topological polar surface area (TPSA) is 76.7 Å². The van der Waals surface area contributed by atoms with Gasteiger partial charge >= 0.3 is 0 Å². The lowest BCUT2D eigenvalue weighted by Gasteiger charge is -2.08. The van der Waals surface area contributed by atoms with Crippen molar-refractivity contribution in [2.24, 2.45) is 5.10 Å². The van der Waals surface area contributed by atoms with Crippen LogP contribution < -0.4 is 15.9 Å². The molecule has 0 aliphatic rings. The Morgan fingerprint density at radius 3 is 2.58 bits per heavy atom. The fourth-order valence-corrected chi connectivity index (χ4v) is 2.47. The lowest BCUT2D eigenvalue weighted by atomic mass is 10.2. The van der Waals surface area contributed by atoms with Gasteiger partial charge in [0, 0.05) is 16.8 Å². The van der Waals surface area contributed by atoms with Gasteiger partial charge in [0.2, 0.25) is 0 Å².